The Hall–Kier alpha value is -3.09. The molecule has 1 aromatic carbocycles. The van der Waals surface area contributed by atoms with Gasteiger partial charge in [-0.3, -0.25) is 14.5 Å². The van der Waals surface area contributed by atoms with Crippen LogP contribution in [0.1, 0.15) is 23.8 Å². The number of urea groups is 1. The SMILES string of the molecule is Cc1cccc(C)c1NC(=O)CN1C(=O)NC(C)(c2ccco2)C1=O. The summed E-state index contributed by atoms with van der Waals surface area (Å²) in [7, 11) is 0. The van der Waals surface area contributed by atoms with Gasteiger partial charge in [-0.05, 0) is 44.0 Å². The molecule has 0 aliphatic carbocycles. The molecule has 0 saturated carbocycles. The van der Waals surface area contributed by atoms with Crippen LogP contribution in [-0.2, 0) is 15.1 Å². The van der Waals surface area contributed by atoms with Crippen molar-refractivity contribution in [1.82, 2.24) is 10.2 Å². The Morgan fingerprint density at radius 1 is 1.20 bits per heavy atom. The maximum Gasteiger partial charge on any atom is 0.325 e. The molecule has 25 heavy (non-hydrogen) atoms. The van der Waals surface area contributed by atoms with E-state index in [0.717, 1.165) is 16.0 Å². The van der Waals surface area contributed by atoms with Gasteiger partial charge >= 0.3 is 6.03 Å². The van der Waals surface area contributed by atoms with Crippen LogP contribution >= 0.6 is 0 Å². The van der Waals surface area contributed by atoms with Crippen LogP contribution in [0.25, 0.3) is 0 Å². The van der Waals surface area contributed by atoms with Gasteiger partial charge in [0.15, 0.2) is 5.54 Å². The summed E-state index contributed by atoms with van der Waals surface area (Å²) < 4.78 is 5.26. The fourth-order valence-electron chi connectivity index (χ4n) is 2.90. The van der Waals surface area contributed by atoms with Crippen LogP contribution in [0.4, 0.5) is 10.5 Å². The minimum Gasteiger partial charge on any atom is -0.466 e. The summed E-state index contributed by atoms with van der Waals surface area (Å²) in [6.45, 7) is 4.94. The van der Waals surface area contributed by atoms with Gasteiger partial charge in [0.1, 0.15) is 12.3 Å². The van der Waals surface area contributed by atoms with Crippen molar-refractivity contribution in [3.8, 4) is 0 Å². The van der Waals surface area contributed by atoms with Gasteiger partial charge in [-0.15, -0.1) is 0 Å². The van der Waals surface area contributed by atoms with Crippen LogP contribution in [0.15, 0.2) is 41.0 Å². The Balaban J connectivity index is 1.76. The Kier molecular flexibility index (Phi) is 4.08. The fraction of sp³-hybridized carbons (Fsp3) is 0.278. The van der Waals surface area contributed by atoms with Gasteiger partial charge in [-0.1, -0.05) is 18.2 Å². The fourth-order valence-corrected chi connectivity index (χ4v) is 2.90. The predicted molar refractivity (Wildman–Crippen MR) is 90.9 cm³/mol. The zero-order valence-corrected chi connectivity index (χ0v) is 14.3. The predicted octanol–water partition coefficient (Wildman–Crippen LogP) is 2.30. The summed E-state index contributed by atoms with van der Waals surface area (Å²) >= 11 is 0. The number of aryl methyl sites for hydroxylation is 2. The molecule has 0 spiro atoms. The third kappa shape index (κ3) is 2.88. The second-order valence-corrected chi connectivity index (χ2v) is 6.24. The highest BCUT2D eigenvalue weighted by atomic mass is 16.3. The summed E-state index contributed by atoms with van der Waals surface area (Å²) in [4.78, 5) is 38.1. The summed E-state index contributed by atoms with van der Waals surface area (Å²) in [6.07, 6.45) is 1.43. The van der Waals surface area contributed by atoms with E-state index < -0.39 is 23.4 Å². The molecule has 7 heteroatoms. The molecule has 1 unspecified atom stereocenters. The molecule has 1 saturated heterocycles. The number of hydrogen-bond acceptors (Lipinski definition) is 4. The number of hydrogen-bond donors (Lipinski definition) is 2. The highest BCUT2D eigenvalue weighted by molar-refractivity contribution is 6.10. The number of benzene rings is 1. The summed E-state index contributed by atoms with van der Waals surface area (Å²) in [5.41, 5.74) is 1.20. The van der Waals surface area contributed by atoms with Crippen molar-refractivity contribution in [2.45, 2.75) is 26.3 Å². The number of imide groups is 1. The molecule has 3 rings (SSSR count). The number of nitrogens with zero attached hydrogens (tertiary/aromatic N) is 1. The van der Waals surface area contributed by atoms with Gasteiger partial charge in [0.25, 0.3) is 5.91 Å². The third-order valence-electron chi connectivity index (χ3n) is 4.34. The van der Waals surface area contributed by atoms with Crippen LogP contribution in [0.5, 0.6) is 0 Å². The standard InChI is InChI=1S/C18H19N3O4/c1-11-6-4-7-12(2)15(11)19-14(22)10-21-16(23)18(3,20-17(21)24)13-8-5-9-25-13/h4-9H,10H2,1-3H3,(H,19,22)(H,20,24). The first-order valence-electron chi connectivity index (χ1n) is 7.87. The van der Waals surface area contributed by atoms with E-state index in [4.69, 9.17) is 4.42 Å². The van der Waals surface area contributed by atoms with Crippen LogP contribution in [-0.4, -0.2) is 29.3 Å². The Bertz CT molecular complexity index is 824. The minimum absolute atomic E-state index is 0.323. The minimum atomic E-state index is -1.31. The number of nitrogens with one attached hydrogen (secondary N) is 2. The van der Waals surface area contributed by atoms with Gasteiger partial charge in [-0.25, -0.2) is 4.79 Å². The molecule has 1 aliphatic heterocycles. The van der Waals surface area contributed by atoms with Crippen LogP contribution in [0.2, 0.25) is 0 Å². The molecule has 1 atom stereocenters. The largest absolute Gasteiger partial charge is 0.466 e. The Morgan fingerprint density at radius 2 is 1.88 bits per heavy atom. The van der Waals surface area contributed by atoms with Gasteiger partial charge in [0, 0.05) is 5.69 Å². The third-order valence-corrected chi connectivity index (χ3v) is 4.34. The lowest BCUT2D eigenvalue weighted by molar-refractivity contribution is -0.134. The summed E-state index contributed by atoms with van der Waals surface area (Å²) in [5, 5.41) is 5.36. The first kappa shape index (κ1) is 16.8. The molecule has 2 N–H and O–H groups in total. The van der Waals surface area contributed by atoms with Crippen molar-refractivity contribution >= 4 is 23.5 Å². The van der Waals surface area contributed by atoms with Crippen LogP contribution in [0, 0.1) is 13.8 Å². The lowest BCUT2D eigenvalue weighted by Crippen LogP contribution is -2.41. The molecule has 2 aromatic rings. The van der Waals surface area contributed by atoms with Gasteiger partial charge in [-0.2, -0.15) is 0 Å². The van der Waals surface area contributed by atoms with E-state index in [0.29, 0.717) is 11.4 Å². The highest BCUT2D eigenvalue weighted by Gasteiger charge is 2.51. The second-order valence-electron chi connectivity index (χ2n) is 6.24. The van der Waals surface area contributed by atoms with E-state index in [-0.39, 0.29) is 6.54 Å². The van der Waals surface area contributed by atoms with E-state index in [1.165, 1.54) is 6.26 Å². The molecular formula is C18H19N3O4. The maximum atomic E-state index is 12.7. The van der Waals surface area contributed by atoms with Crippen molar-refractivity contribution in [3.05, 3.63) is 53.5 Å². The topological polar surface area (TPSA) is 91.7 Å². The average molecular weight is 341 g/mol. The van der Waals surface area contributed by atoms with Crippen molar-refractivity contribution in [1.29, 1.82) is 0 Å². The Morgan fingerprint density at radius 3 is 2.48 bits per heavy atom. The second kappa shape index (κ2) is 6.08. The lowest BCUT2D eigenvalue weighted by Gasteiger charge is -2.19. The van der Waals surface area contributed by atoms with Gasteiger partial charge in [0.05, 0.1) is 6.26 Å². The number of amides is 4. The van der Waals surface area contributed by atoms with Gasteiger partial charge < -0.3 is 15.1 Å². The number of para-hydroxylation sites is 1. The van der Waals surface area contributed by atoms with Crippen molar-refractivity contribution in [2.24, 2.45) is 0 Å². The van der Waals surface area contributed by atoms with E-state index >= 15 is 0 Å². The molecule has 0 bridgehead atoms. The van der Waals surface area contributed by atoms with Gasteiger partial charge in [0.2, 0.25) is 5.91 Å². The molecule has 1 aromatic heterocycles. The number of rotatable bonds is 4. The normalized spacial score (nSPS) is 19.9. The van der Waals surface area contributed by atoms with Crippen molar-refractivity contribution in [3.63, 3.8) is 0 Å². The van der Waals surface area contributed by atoms with Crippen LogP contribution < -0.4 is 10.6 Å². The summed E-state index contributed by atoms with van der Waals surface area (Å²) in [5.74, 6) is -0.641. The number of carbonyl (C=O) groups is 3. The van der Waals surface area contributed by atoms with E-state index in [1.54, 1.807) is 19.1 Å². The van der Waals surface area contributed by atoms with E-state index in [9.17, 15) is 14.4 Å². The molecule has 2 heterocycles. The van der Waals surface area contributed by atoms with Crippen molar-refractivity contribution < 1.29 is 18.8 Å². The molecule has 1 fully saturated rings. The average Bonchev–Trinajstić information content (AvgIpc) is 3.16. The molecule has 130 valence electrons. The van der Waals surface area contributed by atoms with Crippen molar-refractivity contribution in [2.75, 3.05) is 11.9 Å². The Labute approximate surface area is 145 Å². The molecule has 1 aliphatic rings. The number of furan rings is 1. The first-order chi connectivity index (χ1) is 11.8. The highest BCUT2D eigenvalue weighted by Crippen LogP contribution is 2.29. The smallest absolute Gasteiger partial charge is 0.325 e. The molecule has 4 amide bonds. The lowest BCUT2D eigenvalue weighted by atomic mass is 9.99. The molecule has 7 nitrogen and oxygen atoms in total. The molecular weight excluding hydrogens is 322 g/mol. The van der Waals surface area contributed by atoms with Crippen LogP contribution in [0.3, 0.4) is 0 Å². The quantitative estimate of drug-likeness (QED) is 0.835. The summed E-state index contributed by atoms with van der Waals surface area (Å²) in [6, 6.07) is 8.27. The molecule has 0 radical (unpaired) electrons. The van der Waals surface area contributed by atoms with E-state index in [1.807, 2.05) is 32.0 Å². The first-order valence-corrected chi connectivity index (χ1v) is 7.87. The maximum absolute atomic E-state index is 12.7. The zero-order valence-electron chi connectivity index (χ0n) is 14.3. The number of carbonyl (C=O) groups excluding carboxylic acids is 3. The monoisotopic (exact) mass is 341 g/mol. The number of anilines is 1. The van der Waals surface area contributed by atoms with E-state index in [2.05, 4.69) is 10.6 Å². The zero-order chi connectivity index (χ0) is 18.2.